The molecule has 0 bridgehead atoms. The number of nitrogens with zero attached hydrogens (tertiary/aromatic N) is 1. The molecule has 1 aromatic rings. The summed E-state index contributed by atoms with van der Waals surface area (Å²) in [5, 5.41) is 2.84. The third-order valence-corrected chi connectivity index (χ3v) is 3.62. The molecule has 0 unspecified atom stereocenters. The van der Waals surface area contributed by atoms with Crippen LogP contribution in [0.15, 0.2) is 18.2 Å². The number of rotatable bonds is 5. The average molecular weight is 266 g/mol. The lowest BCUT2D eigenvalue weighted by molar-refractivity contribution is 0.186. The zero-order valence-electron chi connectivity index (χ0n) is 12.2. The van der Waals surface area contributed by atoms with Gasteiger partial charge in [0.1, 0.15) is 5.82 Å². The Hall–Kier alpha value is -1.58. The van der Waals surface area contributed by atoms with Gasteiger partial charge < -0.3 is 10.2 Å². The predicted octanol–water partition coefficient (Wildman–Crippen LogP) is 3.46. The second kappa shape index (κ2) is 7.12. The molecule has 4 heteroatoms. The van der Waals surface area contributed by atoms with Crippen LogP contribution in [-0.2, 0) is 6.54 Å². The molecule has 0 atom stereocenters. The topological polar surface area (TPSA) is 32.3 Å². The molecule has 0 aliphatic carbocycles. The van der Waals surface area contributed by atoms with Crippen molar-refractivity contribution in [2.24, 2.45) is 0 Å². The van der Waals surface area contributed by atoms with Gasteiger partial charge in [-0.1, -0.05) is 26.0 Å². The summed E-state index contributed by atoms with van der Waals surface area (Å²) in [6.07, 6.45) is 1.86. The van der Waals surface area contributed by atoms with Crippen LogP contribution < -0.4 is 5.32 Å². The van der Waals surface area contributed by atoms with E-state index in [1.54, 1.807) is 24.9 Å². The Kier molecular flexibility index (Phi) is 5.80. The van der Waals surface area contributed by atoms with Crippen LogP contribution in [0, 0.1) is 12.7 Å². The Morgan fingerprint density at radius 1 is 1.37 bits per heavy atom. The molecule has 0 saturated heterocycles. The van der Waals surface area contributed by atoms with Gasteiger partial charge in [0.25, 0.3) is 0 Å². The largest absolute Gasteiger partial charge is 0.334 e. The molecule has 0 fully saturated rings. The summed E-state index contributed by atoms with van der Waals surface area (Å²) in [7, 11) is 1.80. The molecule has 0 aliphatic heterocycles. The number of carbonyl (C=O) groups excluding carboxylic acids is 1. The van der Waals surface area contributed by atoms with E-state index in [1.807, 2.05) is 6.07 Å². The third-order valence-electron chi connectivity index (χ3n) is 3.62. The highest BCUT2D eigenvalue weighted by Crippen LogP contribution is 2.12. The van der Waals surface area contributed by atoms with Crippen molar-refractivity contribution in [1.82, 2.24) is 10.2 Å². The van der Waals surface area contributed by atoms with Crippen LogP contribution in [0.2, 0.25) is 0 Å². The fraction of sp³-hybridized carbons (Fsp3) is 0.533. The lowest BCUT2D eigenvalue weighted by Crippen LogP contribution is -2.42. The van der Waals surface area contributed by atoms with Gasteiger partial charge in [0, 0.05) is 19.6 Å². The Balaban J connectivity index is 2.61. The van der Waals surface area contributed by atoms with Crippen molar-refractivity contribution >= 4 is 6.03 Å². The Bertz CT molecular complexity index is 430. The lowest BCUT2D eigenvalue weighted by atomic mass is 10.1. The summed E-state index contributed by atoms with van der Waals surface area (Å²) >= 11 is 0. The number of carbonyl (C=O) groups is 1. The van der Waals surface area contributed by atoms with Crippen molar-refractivity contribution in [2.75, 3.05) is 7.05 Å². The van der Waals surface area contributed by atoms with Gasteiger partial charge in [-0.2, -0.15) is 0 Å². The highest BCUT2D eigenvalue weighted by molar-refractivity contribution is 5.74. The molecule has 106 valence electrons. The van der Waals surface area contributed by atoms with Crippen molar-refractivity contribution in [2.45, 2.75) is 46.2 Å². The second-order valence-corrected chi connectivity index (χ2v) is 4.76. The fourth-order valence-electron chi connectivity index (χ4n) is 2.14. The van der Waals surface area contributed by atoms with Gasteiger partial charge in [-0.15, -0.1) is 0 Å². The van der Waals surface area contributed by atoms with Gasteiger partial charge in [0.05, 0.1) is 0 Å². The molecule has 19 heavy (non-hydrogen) atoms. The molecular weight excluding hydrogens is 243 g/mol. The second-order valence-electron chi connectivity index (χ2n) is 4.76. The first-order chi connectivity index (χ1) is 9.01. The van der Waals surface area contributed by atoms with Gasteiger partial charge in [-0.25, -0.2) is 9.18 Å². The van der Waals surface area contributed by atoms with Crippen LogP contribution in [0.1, 0.15) is 37.8 Å². The Labute approximate surface area is 114 Å². The van der Waals surface area contributed by atoms with Crippen molar-refractivity contribution in [3.8, 4) is 0 Å². The lowest BCUT2D eigenvalue weighted by Gasteiger charge is -2.26. The normalized spacial score (nSPS) is 10.6. The van der Waals surface area contributed by atoms with Crippen molar-refractivity contribution in [1.29, 1.82) is 0 Å². The van der Waals surface area contributed by atoms with E-state index in [9.17, 15) is 9.18 Å². The molecule has 2 amide bonds. The number of halogens is 1. The number of amides is 2. The van der Waals surface area contributed by atoms with Gasteiger partial charge in [0.2, 0.25) is 0 Å². The van der Waals surface area contributed by atoms with E-state index in [0.717, 1.165) is 18.4 Å². The highest BCUT2D eigenvalue weighted by atomic mass is 19.1. The SMILES string of the molecule is CCC(CC)N(C)C(=O)NCc1cccc(F)c1C. The quantitative estimate of drug-likeness (QED) is 0.869. The molecule has 0 aliphatic rings. The molecule has 0 radical (unpaired) electrons. The fourth-order valence-corrected chi connectivity index (χ4v) is 2.14. The first-order valence-electron chi connectivity index (χ1n) is 6.75. The maximum absolute atomic E-state index is 13.4. The Morgan fingerprint density at radius 2 is 2.00 bits per heavy atom. The zero-order valence-corrected chi connectivity index (χ0v) is 12.2. The highest BCUT2D eigenvalue weighted by Gasteiger charge is 2.16. The molecular formula is C15H23FN2O. The summed E-state index contributed by atoms with van der Waals surface area (Å²) in [5.74, 6) is -0.236. The molecule has 0 heterocycles. The molecule has 1 N–H and O–H groups in total. The minimum Gasteiger partial charge on any atom is -0.334 e. The molecule has 0 saturated carbocycles. The van der Waals surface area contributed by atoms with Crippen LogP contribution in [0.25, 0.3) is 0 Å². The summed E-state index contributed by atoms with van der Waals surface area (Å²) in [4.78, 5) is 13.7. The van der Waals surface area contributed by atoms with E-state index in [1.165, 1.54) is 6.07 Å². The molecule has 0 aromatic heterocycles. The molecule has 1 aromatic carbocycles. The average Bonchev–Trinajstić information content (AvgIpc) is 2.41. The minimum absolute atomic E-state index is 0.114. The summed E-state index contributed by atoms with van der Waals surface area (Å²) < 4.78 is 13.4. The minimum atomic E-state index is -0.236. The van der Waals surface area contributed by atoms with E-state index in [-0.39, 0.29) is 17.9 Å². The summed E-state index contributed by atoms with van der Waals surface area (Å²) in [5.41, 5.74) is 1.40. The van der Waals surface area contributed by atoms with Gasteiger partial charge in [-0.05, 0) is 37.0 Å². The van der Waals surface area contributed by atoms with Crippen LogP contribution in [0.5, 0.6) is 0 Å². The van der Waals surface area contributed by atoms with E-state index in [4.69, 9.17) is 0 Å². The third kappa shape index (κ3) is 3.94. The molecule has 0 spiro atoms. The van der Waals surface area contributed by atoms with Crippen LogP contribution in [0.4, 0.5) is 9.18 Å². The zero-order chi connectivity index (χ0) is 14.4. The monoisotopic (exact) mass is 266 g/mol. The molecule has 1 rings (SSSR count). The maximum atomic E-state index is 13.4. The van der Waals surface area contributed by atoms with Gasteiger partial charge in [0.15, 0.2) is 0 Å². The summed E-state index contributed by atoms with van der Waals surface area (Å²) in [6.45, 7) is 6.21. The van der Waals surface area contributed by atoms with Crippen LogP contribution in [-0.4, -0.2) is 24.0 Å². The number of hydrogen-bond acceptors (Lipinski definition) is 1. The van der Waals surface area contributed by atoms with Crippen LogP contribution in [0.3, 0.4) is 0 Å². The first kappa shape index (κ1) is 15.5. The summed E-state index contributed by atoms with van der Waals surface area (Å²) in [6, 6.07) is 5.05. The van der Waals surface area contributed by atoms with E-state index >= 15 is 0 Å². The predicted molar refractivity (Wildman–Crippen MR) is 75.5 cm³/mol. The molecule has 3 nitrogen and oxygen atoms in total. The number of hydrogen-bond donors (Lipinski definition) is 1. The first-order valence-corrected chi connectivity index (χ1v) is 6.75. The van der Waals surface area contributed by atoms with E-state index in [2.05, 4.69) is 19.2 Å². The standard InChI is InChI=1S/C15H23FN2O/c1-5-13(6-2)18(4)15(19)17-10-12-8-7-9-14(16)11(12)3/h7-9,13H,5-6,10H2,1-4H3,(H,17,19). The Morgan fingerprint density at radius 3 is 2.58 bits per heavy atom. The van der Waals surface area contributed by atoms with Crippen molar-refractivity contribution < 1.29 is 9.18 Å². The number of nitrogens with one attached hydrogen (secondary N) is 1. The van der Waals surface area contributed by atoms with Crippen LogP contribution >= 0.6 is 0 Å². The number of urea groups is 1. The maximum Gasteiger partial charge on any atom is 0.317 e. The van der Waals surface area contributed by atoms with E-state index in [0.29, 0.717) is 12.1 Å². The van der Waals surface area contributed by atoms with E-state index < -0.39 is 0 Å². The van der Waals surface area contributed by atoms with Gasteiger partial charge >= 0.3 is 6.03 Å². The smallest absolute Gasteiger partial charge is 0.317 e. The van der Waals surface area contributed by atoms with Crippen molar-refractivity contribution in [3.63, 3.8) is 0 Å². The van der Waals surface area contributed by atoms with Crippen molar-refractivity contribution in [3.05, 3.63) is 35.1 Å². The number of benzene rings is 1. The van der Waals surface area contributed by atoms with Gasteiger partial charge in [-0.3, -0.25) is 0 Å².